The second-order valence-corrected chi connectivity index (χ2v) is 6.37. The highest BCUT2D eigenvalue weighted by molar-refractivity contribution is 6.22. The second-order valence-electron chi connectivity index (χ2n) is 5.75. The number of anilines is 1. The fraction of sp³-hybridized carbons (Fsp3) is 0.562. The predicted molar refractivity (Wildman–Crippen MR) is 82.2 cm³/mol. The van der Waals surface area contributed by atoms with Crippen molar-refractivity contribution in [2.24, 2.45) is 0 Å². The Morgan fingerprint density at radius 3 is 2.60 bits per heavy atom. The normalized spacial score (nSPS) is 23.4. The Bertz CT molecular complexity index is 485. The highest BCUT2D eigenvalue weighted by atomic mass is 35.5. The molecular weight excluding hydrogens is 272 g/mol. The van der Waals surface area contributed by atoms with Crippen molar-refractivity contribution in [3.63, 3.8) is 0 Å². The number of rotatable bonds is 3. The average molecular weight is 293 g/mol. The Morgan fingerprint density at radius 2 is 1.90 bits per heavy atom. The maximum absolute atomic E-state index is 11.9. The molecule has 0 radical (unpaired) electrons. The molecule has 108 valence electrons. The van der Waals surface area contributed by atoms with Crippen molar-refractivity contribution in [3.05, 3.63) is 29.8 Å². The molecule has 0 N–H and O–H groups in total. The van der Waals surface area contributed by atoms with Crippen LogP contribution >= 0.6 is 11.6 Å². The number of likely N-dealkylation sites (tertiary alicyclic amines) is 1. The van der Waals surface area contributed by atoms with Gasteiger partial charge in [-0.25, -0.2) is 0 Å². The maximum atomic E-state index is 11.9. The maximum Gasteiger partial charge on any atom is 0.224 e. The van der Waals surface area contributed by atoms with E-state index in [4.69, 9.17) is 11.6 Å². The van der Waals surface area contributed by atoms with Crippen molar-refractivity contribution >= 4 is 23.2 Å². The van der Waals surface area contributed by atoms with E-state index in [-0.39, 0.29) is 11.3 Å². The van der Waals surface area contributed by atoms with E-state index in [1.54, 1.807) is 0 Å². The van der Waals surface area contributed by atoms with Gasteiger partial charge in [-0.15, -0.1) is 11.6 Å². The molecule has 3 rings (SSSR count). The van der Waals surface area contributed by atoms with Crippen molar-refractivity contribution in [2.75, 3.05) is 24.5 Å². The van der Waals surface area contributed by atoms with E-state index in [0.717, 1.165) is 13.1 Å². The van der Waals surface area contributed by atoms with Crippen LogP contribution in [0.15, 0.2) is 24.3 Å². The van der Waals surface area contributed by atoms with Gasteiger partial charge in [0.05, 0.1) is 5.38 Å². The fourth-order valence-corrected chi connectivity index (χ4v) is 3.47. The Balaban J connectivity index is 1.77. The Kier molecular flexibility index (Phi) is 4.16. The largest absolute Gasteiger partial charge is 0.371 e. The topological polar surface area (TPSA) is 23.6 Å². The number of amides is 1. The number of piperidine rings is 1. The van der Waals surface area contributed by atoms with Gasteiger partial charge in [-0.3, -0.25) is 4.79 Å². The lowest BCUT2D eigenvalue weighted by molar-refractivity contribution is -0.128. The van der Waals surface area contributed by atoms with Crippen LogP contribution in [0.5, 0.6) is 0 Å². The Hall–Kier alpha value is -1.22. The monoisotopic (exact) mass is 292 g/mol. The van der Waals surface area contributed by atoms with E-state index < -0.39 is 0 Å². The molecule has 1 amide bonds. The van der Waals surface area contributed by atoms with Crippen LogP contribution in [0.1, 0.15) is 31.2 Å². The van der Waals surface area contributed by atoms with E-state index >= 15 is 0 Å². The first-order valence-electron chi connectivity index (χ1n) is 7.49. The van der Waals surface area contributed by atoms with Gasteiger partial charge >= 0.3 is 0 Å². The molecule has 0 saturated carbocycles. The highest BCUT2D eigenvalue weighted by Crippen LogP contribution is 2.27. The molecule has 3 nitrogen and oxygen atoms in total. The molecule has 4 heteroatoms. The summed E-state index contributed by atoms with van der Waals surface area (Å²) in [6.45, 7) is 3.62. The van der Waals surface area contributed by atoms with Gasteiger partial charge < -0.3 is 9.80 Å². The lowest BCUT2D eigenvalue weighted by Crippen LogP contribution is -2.31. The minimum absolute atomic E-state index is 0.0235. The molecule has 2 aliphatic rings. The number of hydrogen-bond donors (Lipinski definition) is 0. The molecule has 0 spiro atoms. The molecule has 1 aromatic rings. The molecule has 2 aliphatic heterocycles. The van der Waals surface area contributed by atoms with Gasteiger partial charge in [-0.2, -0.15) is 0 Å². The highest BCUT2D eigenvalue weighted by Gasteiger charge is 2.28. The van der Waals surface area contributed by atoms with Crippen molar-refractivity contribution in [3.8, 4) is 0 Å². The SMILES string of the molecule is O=C1CC(Cl)CN1Cc1ccccc1N1CCCCC1. The number of alkyl halides is 1. The molecule has 0 aliphatic carbocycles. The Labute approximate surface area is 125 Å². The number of carbonyl (C=O) groups excluding carboxylic acids is 1. The van der Waals surface area contributed by atoms with Gasteiger partial charge in [0.2, 0.25) is 5.91 Å². The molecular formula is C16H21ClN2O. The molecule has 2 saturated heterocycles. The van der Waals surface area contributed by atoms with Gasteiger partial charge in [0.25, 0.3) is 0 Å². The minimum atomic E-state index is -0.0235. The summed E-state index contributed by atoms with van der Waals surface area (Å²) in [6, 6.07) is 8.46. The van der Waals surface area contributed by atoms with Crippen LogP contribution in [-0.4, -0.2) is 35.8 Å². The Morgan fingerprint density at radius 1 is 1.15 bits per heavy atom. The van der Waals surface area contributed by atoms with Crippen LogP contribution in [-0.2, 0) is 11.3 Å². The third-order valence-corrected chi connectivity index (χ3v) is 4.51. The summed E-state index contributed by atoms with van der Waals surface area (Å²) < 4.78 is 0. The smallest absolute Gasteiger partial charge is 0.224 e. The van der Waals surface area contributed by atoms with Crippen LogP contribution in [0.2, 0.25) is 0 Å². The van der Waals surface area contributed by atoms with Crippen molar-refractivity contribution in [2.45, 2.75) is 37.6 Å². The zero-order valence-electron chi connectivity index (χ0n) is 11.7. The zero-order chi connectivity index (χ0) is 13.9. The quantitative estimate of drug-likeness (QED) is 0.800. The summed E-state index contributed by atoms with van der Waals surface area (Å²) in [5.41, 5.74) is 2.53. The zero-order valence-corrected chi connectivity index (χ0v) is 12.5. The van der Waals surface area contributed by atoms with Gasteiger partial charge in [0, 0.05) is 38.3 Å². The molecule has 1 aromatic carbocycles. The summed E-state index contributed by atoms with van der Waals surface area (Å²) in [6.07, 6.45) is 4.34. The number of para-hydroxylation sites is 1. The van der Waals surface area contributed by atoms with Crippen LogP contribution in [0.25, 0.3) is 0 Å². The summed E-state index contributed by atoms with van der Waals surface area (Å²) >= 11 is 6.08. The van der Waals surface area contributed by atoms with Crippen molar-refractivity contribution < 1.29 is 4.79 Å². The second kappa shape index (κ2) is 6.04. The van der Waals surface area contributed by atoms with Crippen molar-refractivity contribution in [1.29, 1.82) is 0 Å². The van der Waals surface area contributed by atoms with Crippen LogP contribution < -0.4 is 4.90 Å². The number of hydrogen-bond acceptors (Lipinski definition) is 2. The number of halogens is 1. The van der Waals surface area contributed by atoms with Crippen LogP contribution in [0.4, 0.5) is 5.69 Å². The van der Waals surface area contributed by atoms with E-state index in [0.29, 0.717) is 19.5 Å². The first-order valence-corrected chi connectivity index (χ1v) is 7.92. The van der Waals surface area contributed by atoms with Crippen molar-refractivity contribution in [1.82, 2.24) is 4.90 Å². The molecule has 0 bridgehead atoms. The lowest BCUT2D eigenvalue weighted by Gasteiger charge is -2.31. The third-order valence-electron chi connectivity index (χ3n) is 4.22. The molecule has 0 aromatic heterocycles. The van der Waals surface area contributed by atoms with E-state index in [2.05, 4.69) is 29.2 Å². The first-order chi connectivity index (χ1) is 9.74. The standard InChI is InChI=1S/C16H21ClN2O/c17-14-10-16(20)19(12-14)11-13-6-2-3-7-15(13)18-8-4-1-5-9-18/h2-3,6-7,14H,1,4-5,8-12H2. The van der Waals surface area contributed by atoms with Gasteiger partial charge in [0.15, 0.2) is 0 Å². The number of carbonyl (C=O) groups is 1. The molecule has 2 fully saturated rings. The van der Waals surface area contributed by atoms with E-state index in [1.807, 2.05) is 4.90 Å². The fourth-order valence-electron chi connectivity index (χ4n) is 3.17. The summed E-state index contributed by atoms with van der Waals surface area (Å²) in [4.78, 5) is 16.2. The molecule has 1 atom stereocenters. The lowest BCUT2D eigenvalue weighted by atomic mass is 10.1. The number of benzene rings is 1. The molecule has 20 heavy (non-hydrogen) atoms. The predicted octanol–water partition coefficient (Wildman–Crippen LogP) is 3.02. The average Bonchev–Trinajstić information content (AvgIpc) is 2.78. The van der Waals surface area contributed by atoms with Gasteiger partial charge in [0.1, 0.15) is 0 Å². The van der Waals surface area contributed by atoms with E-state index in [1.165, 1.54) is 30.5 Å². The number of nitrogens with zero attached hydrogens (tertiary/aromatic N) is 2. The van der Waals surface area contributed by atoms with Crippen LogP contribution in [0.3, 0.4) is 0 Å². The summed E-state index contributed by atoms with van der Waals surface area (Å²) in [7, 11) is 0. The molecule has 1 unspecified atom stereocenters. The summed E-state index contributed by atoms with van der Waals surface area (Å²) in [5, 5.41) is -0.0235. The first kappa shape index (κ1) is 13.7. The van der Waals surface area contributed by atoms with Gasteiger partial charge in [-0.1, -0.05) is 18.2 Å². The molecule has 2 heterocycles. The van der Waals surface area contributed by atoms with E-state index in [9.17, 15) is 4.79 Å². The minimum Gasteiger partial charge on any atom is -0.371 e. The van der Waals surface area contributed by atoms with Gasteiger partial charge in [-0.05, 0) is 30.9 Å². The third kappa shape index (κ3) is 2.93. The van der Waals surface area contributed by atoms with Crippen LogP contribution in [0, 0.1) is 0 Å². The summed E-state index contributed by atoms with van der Waals surface area (Å²) in [5.74, 6) is 0.179.